The number of rotatable bonds is 5. The molecule has 0 unspecified atom stereocenters. The number of carbonyl (C=O) groups is 1. The van der Waals surface area contributed by atoms with Gasteiger partial charge in [-0.25, -0.2) is 4.98 Å². The zero-order valence-electron chi connectivity index (χ0n) is 12.4. The molecule has 22 heavy (non-hydrogen) atoms. The number of amides is 1. The number of benzene rings is 1. The van der Waals surface area contributed by atoms with Crippen LogP contribution in [0.4, 0.5) is 0 Å². The van der Waals surface area contributed by atoms with Crippen LogP contribution in [0.2, 0.25) is 0 Å². The van der Waals surface area contributed by atoms with Crippen LogP contribution in [0, 0.1) is 3.57 Å². The molecule has 0 bridgehead atoms. The van der Waals surface area contributed by atoms with Crippen molar-refractivity contribution >= 4 is 39.8 Å². The van der Waals surface area contributed by atoms with Crippen molar-refractivity contribution in [1.29, 1.82) is 0 Å². The molecule has 1 aromatic carbocycles. The highest BCUT2D eigenvalue weighted by Crippen LogP contribution is 2.27. The van der Waals surface area contributed by atoms with Crippen LogP contribution < -0.4 is 5.32 Å². The molecule has 5 heteroatoms. The fourth-order valence-electron chi connectivity index (χ4n) is 2.66. The van der Waals surface area contributed by atoms with Gasteiger partial charge in [-0.15, -0.1) is 11.3 Å². The molecule has 2 aromatic rings. The first-order valence-corrected chi connectivity index (χ1v) is 9.63. The van der Waals surface area contributed by atoms with Crippen LogP contribution in [0.25, 0.3) is 0 Å². The summed E-state index contributed by atoms with van der Waals surface area (Å²) in [6, 6.07) is 7.64. The number of carbonyl (C=O) groups excluding carboxylic acids is 1. The molecular formula is C17H19IN2OS. The van der Waals surface area contributed by atoms with E-state index >= 15 is 0 Å². The van der Waals surface area contributed by atoms with Crippen LogP contribution in [-0.4, -0.2) is 17.4 Å². The molecule has 3 rings (SSSR count). The first-order chi connectivity index (χ1) is 10.7. The predicted molar refractivity (Wildman–Crippen MR) is 98.6 cm³/mol. The van der Waals surface area contributed by atoms with Gasteiger partial charge in [-0.2, -0.15) is 0 Å². The van der Waals surface area contributed by atoms with Crippen LogP contribution in [0.1, 0.15) is 45.2 Å². The molecule has 1 amide bonds. The second kappa shape index (κ2) is 7.55. The molecule has 0 fully saturated rings. The van der Waals surface area contributed by atoms with Gasteiger partial charge in [0.1, 0.15) is 0 Å². The topological polar surface area (TPSA) is 42.0 Å². The Labute approximate surface area is 148 Å². The molecule has 3 nitrogen and oxygen atoms in total. The molecule has 1 N–H and O–H groups in total. The highest BCUT2D eigenvalue weighted by Gasteiger charge is 2.14. The van der Waals surface area contributed by atoms with Crippen molar-refractivity contribution in [2.45, 2.75) is 38.5 Å². The van der Waals surface area contributed by atoms with E-state index in [1.165, 1.54) is 34.8 Å². The molecule has 0 atom stereocenters. The summed E-state index contributed by atoms with van der Waals surface area (Å²) in [7, 11) is 0. The summed E-state index contributed by atoms with van der Waals surface area (Å²) in [6.07, 6.45) is 6.85. The van der Waals surface area contributed by atoms with Gasteiger partial charge < -0.3 is 5.32 Å². The van der Waals surface area contributed by atoms with Crippen molar-refractivity contribution in [2.75, 3.05) is 6.54 Å². The highest BCUT2D eigenvalue weighted by molar-refractivity contribution is 14.1. The minimum absolute atomic E-state index is 0.00910. The van der Waals surface area contributed by atoms with E-state index in [2.05, 4.69) is 27.9 Å². The maximum Gasteiger partial charge on any atom is 0.251 e. The average molecular weight is 426 g/mol. The lowest BCUT2D eigenvalue weighted by atomic mass is 10.0. The van der Waals surface area contributed by atoms with E-state index in [-0.39, 0.29) is 5.91 Å². The van der Waals surface area contributed by atoms with Gasteiger partial charge in [-0.3, -0.25) is 4.79 Å². The summed E-state index contributed by atoms with van der Waals surface area (Å²) < 4.78 is 1.14. The summed E-state index contributed by atoms with van der Waals surface area (Å²) >= 11 is 4.11. The van der Waals surface area contributed by atoms with Gasteiger partial charge in [0, 0.05) is 27.0 Å². The number of hydrogen-bond acceptors (Lipinski definition) is 3. The number of aromatic nitrogens is 1. The third kappa shape index (κ3) is 4.07. The standard InChI is InChI=1S/C17H19IN2OS/c18-13-9-7-12(8-10-13)17(21)19-11-3-6-16-20-14-4-1-2-5-15(14)22-16/h7-10H,1-6,11H2,(H,19,21). The van der Waals surface area contributed by atoms with Gasteiger partial charge in [-0.05, 0) is 79.0 Å². The number of halogens is 1. The Hall–Kier alpha value is -0.950. The Bertz CT molecular complexity index is 628. The maximum absolute atomic E-state index is 12.0. The van der Waals surface area contributed by atoms with Crippen LogP contribution in [0.15, 0.2) is 24.3 Å². The van der Waals surface area contributed by atoms with E-state index in [9.17, 15) is 4.79 Å². The number of aryl methyl sites for hydroxylation is 3. The zero-order valence-corrected chi connectivity index (χ0v) is 15.4. The number of hydrogen-bond donors (Lipinski definition) is 1. The number of fused-ring (bicyclic) bond motifs is 1. The molecule has 0 saturated carbocycles. The van der Waals surface area contributed by atoms with Gasteiger partial charge in [0.05, 0.1) is 10.7 Å². The smallest absolute Gasteiger partial charge is 0.251 e. The van der Waals surface area contributed by atoms with Gasteiger partial charge in [0.2, 0.25) is 0 Å². The number of nitrogens with zero attached hydrogens (tertiary/aromatic N) is 1. The molecule has 116 valence electrons. The molecule has 0 saturated heterocycles. The second-order valence-corrected chi connectivity index (χ2v) is 7.96. The summed E-state index contributed by atoms with van der Waals surface area (Å²) in [5, 5.41) is 4.22. The summed E-state index contributed by atoms with van der Waals surface area (Å²) in [5.74, 6) is 0.00910. The largest absolute Gasteiger partial charge is 0.352 e. The average Bonchev–Trinajstić information content (AvgIpc) is 2.95. The van der Waals surface area contributed by atoms with Crippen molar-refractivity contribution in [2.24, 2.45) is 0 Å². The van der Waals surface area contributed by atoms with E-state index in [0.29, 0.717) is 6.54 Å². The molecule has 1 aliphatic carbocycles. The molecule has 1 heterocycles. The third-order valence-corrected chi connectivity index (χ3v) is 5.79. The molecule has 1 aromatic heterocycles. The Balaban J connectivity index is 1.44. The molecule has 0 radical (unpaired) electrons. The van der Waals surface area contributed by atoms with Crippen molar-refractivity contribution < 1.29 is 4.79 Å². The monoisotopic (exact) mass is 426 g/mol. The molecule has 1 aliphatic rings. The Morgan fingerprint density at radius 1 is 1.23 bits per heavy atom. The first kappa shape index (κ1) is 15.9. The molecular weight excluding hydrogens is 407 g/mol. The fraction of sp³-hybridized carbons (Fsp3) is 0.412. The lowest BCUT2D eigenvalue weighted by Gasteiger charge is -2.06. The van der Waals surface area contributed by atoms with Crippen molar-refractivity contribution in [3.05, 3.63) is 49.0 Å². The quantitative estimate of drug-likeness (QED) is 0.581. The van der Waals surface area contributed by atoms with Gasteiger partial charge in [0.25, 0.3) is 5.91 Å². The van der Waals surface area contributed by atoms with Crippen molar-refractivity contribution in [3.63, 3.8) is 0 Å². The van der Waals surface area contributed by atoms with Gasteiger partial charge in [0.15, 0.2) is 0 Å². The van der Waals surface area contributed by atoms with E-state index < -0.39 is 0 Å². The van der Waals surface area contributed by atoms with Crippen molar-refractivity contribution in [1.82, 2.24) is 10.3 Å². The van der Waals surface area contributed by atoms with E-state index in [4.69, 9.17) is 4.98 Å². The minimum Gasteiger partial charge on any atom is -0.352 e. The fourth-order valence-corrected chi connectivity index (χ4v) is 4.22. The highest BCUT2D eigenvalue weighted by atomic mass is 127. The van der Waals surface area contributed by atoms with Gasteiger partial charge in [-0.1, -0.05) is 0 Å². The summed E-state index contributed by atoms with van der Waals surface area (Å²) in [4.78, 5) is 18.2. The Kier molecular flexibility index (Phi) is 5.46. The lowest BCUT2D eigenvalue weighted by molar-refractivity contribution is 0.0953. The number of thiazole rings is 1. The maximum atomic E-state index is 12.0. The first-order valence-electron chi connectivity index (χ1n) is 7.73. The van der Waals surface area contributed by atoms with Crippen LogP contribution in [0.3, 0.4) is 0 Å². The lowest BCUT2D eigenvalue weighted by Crippen LogP contribution is -2.24. The second-order valence-electron chi connectivity index (χ2n) is 5.55. The Morgan fingerprint density at radius 2 is 2.00 bits per heavy atom. The van der Waals surface area contributed by atoms with E-state index in [1.807, 2.05) is 35.6 Å². The Morgan fingerprint density at radius 3 is 2.77 bits per heavy atom. The predicted octanol–water partition coefficient (Wildman–Crippen LogP) is 3.99. The van der Waals surface area contributed by atoms with E-state index in [0.717, 1.165) is 28.4 Å². The zero-order chi connectivity index (χ0) is 15.4. The van der Waals surface area contributed by atoms with Gasteiger partial charge >= 0.3 is 0 Å². The number of nitrogens with one attached hydrogen (secondary N) is 1. The normalized spacial score (nSPS) is 13.7. The molecule has 0 aliphatic heterocycles. The SMILES string of the molecule is O=C(NCCCc1nc2c(s1)CCCC2)c1ccc(I)cc1. The minimum atomic E-state index is 0.00910. The van der Waals surface area contributed by atoms with Crippen LogP contribution in [0.5, 0.6) is 0 Å². The van der Waals surface area contributed by atoms with Crippen molar-refractivity contribution in [3.8, 4) is 0 Å². The van der Waals surface area contributed by atoms with Crippen LogP contribution in [-0.2, 0) is 19.3 Å². The van der Waals surface area contributed by atoms with Crippen LogP contribution >= 0.6 is 33.9 Å². The third-order valence-electron chi connectivity index (χ3n) is 3.85. The summed E-state index contributed by atoms with van der Waals surface area (Å²) in [6.45, 7) is 0.703. The van der Waals surface area contributed by atoms with E-state index in [1.54, 1.807) is 0 Å². The summed E-state index contributed by atoms with van der Waals surface area (Å²) in [5.41, 5.74) is 2.05. The molecule has 0 spiro atoms.